The number of carbonyl (C=O) groups excluding carboxylic acids is 1. The Kier molecular flexibility index (Phi) is 5.19. The summed E-state index contributed by atoms with van der Waals surface area (Å²) in [7, 11) is 1.47. The number of methoxy groups -OCH3 is 1. The normalized spacial score (nSPS) is 9.43. The predicted octanol–water partition coefficient (Wildman–Crippen LogP) is 2.53. The van der Waals surface area contributed by atoms with Gasteiger partial charge < -0.3 is 10.1 Å². The first-order chi connectivity index (χ1) is 10.2. The lowest BCUT2D eigenvalue weighted by Crippen LogP contribution is -2.24. The summed E-state index contributed by atoms with van der Waals surface area (Å²) < 4.78 is 5.03. The number of ether oxygens (including phenoxy) is 1. The van der Waals surface area contributed by atoms with Gasteiger partial charge in [-0.15, -0.1) is 0 Å². The van der Waals surface area contributed by atoms with Crippen molar-refractivity contribution in [3.05, 3.63) is 58.7 Å². The molecule has 0 aliphatic heterocycles. The summed E-state index contributed by atoms with van der Waals surface area (Å²) in [5, 5.41) is 3.28. The summed E-state index contributed by atoms with van der Waals surface area (Å²) in [5.74, 6) is 5.76. The molecular weight excluding hydrogens is 288 g/mol. The zero-order valence-electron chi connectivity index (χ0n) is 11.4. The van der Waals surface area contributed by atoms with Crippen molar-refractivity contribution in [2.75, 3.05) is 13.7 Å². The molecule has 21 heavy (non-hydrogen) atoms. The fourth-order valence-corrected chi connectivity index (χ4v) is 1.83. The van der Waals surface area contributed by atoms with Crippen LogP contribution in [0.1, 0.15) is 15.9 Å². The van der Waals surface area contributed by atoms with Gasteiger partial charge in [-0.1, -0.05) is 35.6 Å². The van der Waals surface area contributed by atoms with Gasteiger partial charge in [0.15, 0.2) is 0 Å². The minimum Gasteiger partial charge on any atom is -0.480 e. The lowest BCUT2D eigenvalue weighted by atomic mass is 10.2. The van der Waals surface area contributed by atoms with E-state index in [0.29, 0.717) is 10.6 Å². The zero-order chi connectivity index (χ0) is 15.1. The molecule has 1 N–H and O–H groups in total. The van der Waals surface area contributed by atoms with E-state index in [1.54, 1.807) is 24.4 Å². The molecule has 0 atom stereocenters. The molecule has 1 amide bonds. The molecule has 106 valence electrons. The van der Waals surface area contributed by atoms with E-state index >= 15 is 0 Å². The minimum atomic E-state index is -0.284. The highest BCUT2D eigenvalue weighted by Crippen LogP contribution is 2.13. The summed E-state index contributed by atoms with van der Waals surface area (Å²) in [6, 6.07) is 10.6. The van der Waals surface area contributed by atoms with Crippen LogP contribution in [0.25, 0.3) is 0 Å². The van der Waals surface area contributed by atoms with Crippen molar-refractivity contribution in [2.24, 2.45) is 0 Å². The molecule has 0 unspecified atom stereocenters. The summed E-state index contributed by atoms with van der Waals surface area (Å²) in [6.45, 7) is 0.210. The topological polar surface area (TPSA) is 51.2 Å². The molecule has 0 spiro atoms. The van der Waals surface area contributed by atoms with Crippen LogP contribution in [0.3, 0.4) is 0 Å². The Morgan fingerprint density at radius 1 is 1.33 bits per heavy atom. The fourth-order valence-electron chi connectivity index (χ4n) is 1.65. The van der Waals surface area contributed by atoms with Gasteiger partial charge in [-0.2, -0.15) is 0 Å². The Balaban J connectivity index is 1.98. The van der Waals surface area contributed by atoms with Crippen LogP contribution in [0, 0.1) is 11.8 Å². The summed E-state index contributed by atoms with van der Waals surface area (Å²) >= 11 is 5.99. The molecular formula is C16H13ClN2O2. The number of amides is 1. The highest BCUT2D eigenvalue weighted by Gasteiger charge is 2.11. The highest BCUT2D eigenvalue weighted by atomic mass is 35.5. The quantitative estimate of drug-likeness (QED) is 0.886. The molecule has 1 aromatic carbocycles. The maximum atomic E-state index is 12.0. The molecule has 2 aromatic rings. The van der Waals surface area contributed by atoms with Crippen LogP contribution in [0.2, 0.25) is 5.02 Å². The van der Waals surface area contributed by atoms with Crippen molar-refractivity contribution in [3.8, 4) is 17.7 Å². The number of carbonyl (C=O) groups is 1. The Bertz CT molecular complexity index is 705. The molecule has 0 fully saturated rings. The standard InChI is InChI=1S/C16H13ClN2O2/c1-21-16-13(8-5-11-19-16)15(20)18-10-4-7-12-6-2-3-9-14(12)17/h2-3,5-6,8-9,11H,10H2,1H3,(H,18,20). The number of nitrogens with zero attached hydrogens (tertiary/aromatic N) is 1. The van der Waals surface area contributed by atoms with Crippen molar-refractivity contribution in [1.29, 1.82) is 0 Å². The number of hydrogen-bond acceptors (Lipinski definition) is 3. The largest absolute Gasteiger partial charge is 0.480 e. The molecule has 1 heterocycles. The maximum absolute atomic E-state index is 12.0. The second kappa shape index (κ2) is 7.32. The fraction of sp³-hybridized carbons (Fsp3) is 0.125. The minimum absolute atomic E-state index is 0.210. The van der Waals surface area contributed by atoms with Crippen LogP contribution >= 0.6 is 11.6 Å². The van der Waals surface area contributed by atoms with Gasteiger partial charge in [0.2, 0.25) is 5.88 Å². The smallest absolute Gasteiger partial charge is 0.257 e. The van der Waals surface area contributed by atoms with Crippen LogP contribution in [-0.4, -0.2) is 24.5 Å². The van der Waals surface area contributed by atoms with Crippen LogP contribution < -0.4 is 10.1 Å². The summed E-state index contributed by atoms with van der Waals surface area (Å²) in [4.78, 5) is 15.9. The van der Waals surface area contributed by atoms with Gasteiger partial charge in [0.1, 0.15) is 5.56 Å². The van der Waals surface area contributed by atoms with Crippen LogP contribution in [0.15, 0.2) is 42.6 Å². The van der Waals surface area contributed by atoms with Gasteiger partial charge in [-0.05, 0) is 24.3 Å². The van der Waals surface area contributed by atoms with E-state index in [1.165, 1.54) is 7.11 Å². The number of benzene rings is 1. The number of hydrogen-bond donors (Lipinski definition) is 1. The lowest BCUT2D eigenvalue weighted by Gasteiger charge is -2.05. The van der Waals surface area contributed by atoms with E-state index < -0.39 is 0 Å². The van der Waals surface area contributed by atoms with E-state index in [1.807, 2.05) is 18.2 Å². The molecule has 0 radical (unpaired) electrons. The van der Waals surface area contributed by atoms with Crippen molar-refractivity contribution >= 4 is 17.5 Å². The van der Waals surface area contributed by atoms with Crippen molar-refractivity contribution < 1.29 is 9.53 Å². The third kappa shape index (κ3) is 3.98. The molecule has 4 nitrogen and oxygen atoms in total. The Morgan fingerprint density at radius 2 is 2.14 bits per heavy atom. The maximum Gasteiger partial charge on any atom is 0.257 e. The Labute approximate surface area is 128 Å². The third-order valence-electron chi connectivity index (χ3n) is 2.64. The predicted molar refractivity (Wildman–Crippen MR) is 81.5 cm³/mol. The van der Waals surface area contributed by atoms with E-state index in [0.717, 1.165) is 5.56 Å². The van der Waals surface area contributed by atoms with Crippen molar-refractivity contribution in [1.82, 2.24) is 10.3 Å². The molecule has 0 saturated heterocycles. The van der Waals surface area contributed by atoms with E-state index in [-0.39, 0.29) is 18.3 Å². The third-order valence-corrected chi connectivity index (χ3v) is 2.97. The monoisotopic (exact) mass is 300 g/mol. The van der Waals surface area contributed by atoms with Crippen LogP contribution in [0.5, 0.6) is 5.88 Å². The number of pyridine rings is 1. The number of aromatic nitrogens is 1. The molecule has 0 saturated carbocycles. The Hall–Kier alpha value is -2.51. The number of nitrogens with one attached hydrogen (secondary N) is 1. The Morgan fingerprint density at radius 3 is 2.90 bits per heavy atom. The molecule has 0 aliphatic rings. The first kappa shape index (κ1) is 14.9. The summed E-state index contributed by atoms with van der Waals surface area (Å²) in [5.41, 5.74) is 1.10. The first-order valence-electron chi connectivity index (χ1n) is 6.23. The SMILES string of the molecule is COc1ncccc1C(=O)NCC#Cc1ccccc1Cl. The zero-order valence-corrected chi connectivity index (χ0v) is 12.1. The molecule has 1 aromatic heterocycles. The van der Waals surface area contributed by atoms with Crippen molar-refractivity contribution in [3.63, 3.8) is 0 Å². The van der Waals surface area contributed by atoms with Gasteiger partial charge in [-0.25, -0.2) is 4.98 Å². The van der Waals surface area contributed by atoms with Crippen LogP contribution in [-0.2, 0) is 0 Å². The van der Waals surface area contributed by atoms with Gasteiger partial charge in [0.05, 0.1) is 18.7 Å². The van der Waals surface area contributed by atoms with Gasteiger partial charge in [0.25, 0.3) is 5.91 Å². The van der Waals surface area contributed by atoms with Gasteiger partial charge >= 0.3 is 0 Å². The molecule has 0 aliphatic carbocycles. The van der Waals surface area contributed by atoms with E-state index in [4.69, 9.17) is 16.3 Å². The average molecular weight is 301 g/mol. The second-order valence-electron chi connectivity index (χ2n) is 4.02. The molecule has 5 heteroatoms. The molecule has 0 bridgehead atoms. The van der Waals surface area contributed by atoms with Gasteiger partial charge in [0, 0.05) is 11.8 Å². The average Bonchev–Trinajstić information content (AvgIpc) is 2.52. The first-order valence-corrected chi connectivity index (χ1v) is 6.61. The molecule has 2 rings (SSSR count). The highest BCUT2D eigenvalue weighted by molar-refractivity contribution is 6.31. The van der Waals surface area contributed by atoms with E-state index in [2.05, 4.69) is 22.1 Å². The van der Waals surface area contributed by atoms with Gasteiger partial charge in [-0.3, -0.25) is 4.79 Å². The van der Waals surface area contributed by atoms with Crippen molar-refractivity contribution in [2.45, 2.75) is 0 Å². The van der Waals surface area contributed by atoms with Crippen LogP contribution in [0.4, 0.5) is 0 Å². The number of halogens is 1. The lowest BCUT2D eigenvalue weighted by molar-refractivity contribution is 0.0955. The summed E-state index contributed by atoms with van der Waals surface area (Å²) in [6.07, 6.45) is 1.56. The number of rotatable bonds is 3. The van der Waals surface area contributed by atoms with E-state index in [9.17, 15) is 4.79 Å². The second-order valence-corrected chi connectivity index (χ2v) is 4.43.